The molecule has 0 amide bonds. The molecule has 1 N–H and O–H groups in total. The highest BCUT2D eigenvalue weighted by Gasteiger charge is 2.42. The van der Waals surface area contributed by atoms with Crippen LogP contribution < -0.4 is 10.4 Å². The fourth-order valence-electron chi connectivity index (χ4n) is 5.98. The van der Waals surface area contributed by atoms with Gasteiger partial charge in [0.25, 0.3) is 0 Å². The Morgan fingerprint density at radius 1 is 1.17 bits per heavy atom. The van der Waals surface area contributed by atoms with E-state index in [0.717, 1.165) is 37.1 Å². The molecule has 1 aliphatic heterocycles. The predicted molar refractivity (Wildman–Crippen MR) is 135 cm³/mol. The van der Waals surface area contributed by atoms with Crippen LogP contribution in [0.4, 0.5) is 10.1 Å². The van der Waals surface area contributed by atoms with Crippen LogP contribution in [0.25, 0.3) is 0 Å². The number of fused-ring (bicyclic) bond motifs is 1. The largest absolute Gasteiger partial charge is 0.360 e. The molecule has 190 valence electrons. The molecule has 2 atom stereocenters. The summed E-state index contributed by atoms with van der Waals surface area (Å²) in [5.41, 5.74) is 9.50. The summed E-state index contributed by atoms with van der Waals surface area (Å²) in [6.07, 6.45) is 8.23. The lowest BCUT2D eigenvalue weighted by molar-refractivity contribution is 0.343. The van der Waals surface area contributed by atoms with Gasteiger partial charge in [0.2, 0.25) is 10.0 Å². The number of sulfonamides is 1. The van der Waals surface area contributed by atoms with Crippen LogP contribution >= 0.6 is 0 Å². The van der Waals surface area contributed by atoms with Gasteiger partial charge in [-0.2, -0.15) is 4.31 Å². The van der Waals surface area contributed by atoms with Gasteiger partial charge in [-0.1, -0.05) is 17.7 Å². The van der Waals surface area contributed by atoms with E-state index >= 15 is 0 Å². The molecule has 1 saturated carbocycles. The van der Waals surface area contributed by atoms with E-state index in [1.807, 2.05) is 11.2 Å². The van der Waals surface area contributed by atoms with Crippen molar-refractivity contribution in [3.8, 4) is 0 Å². The average Bonchev–Trinajstić information content (AvgIpc) is 3.24. The van der Waals surface area contributed by atoms with E-state index in [4.69, 9.17) is 4.52 Å². The van der Waals surface area contributed by atoms with Crippen LogP contribution in [0.3, 0.4) is 0 Å². The average molecular weight is 511 g/mol. The summed E-state index contributed by atoms with van der Waals surface area (Å²) in [6.45, 7) is 6.58. The lowest BCUT2D eigenvalue weighted by Crippen LogP contribution is -2.38. The number of halogens is 1. The van der Waals surface area contributed by atoms with E-state index in [1.165, 1.54) is 28.9 Å². The van der Waals surface area contributed by atoms with E-state index in [-0.39, 0.29) is 22.5 Å². The van der Waals surface area contributed by atoms with Gasteiger partial charge in [0.05, 0.1) is 11.4 Å². The molecule has 0 unspecified atom stereocenters. The fourth-order valence-corrected chi connectivity index (χ4v) is 7.84. The van der Waals surface area contributed by atoms with Crippen molar-refractivity contribution in [2.24, 2.45) is 17.8 Å². The van der Waals surface area contributed by atoms with E-state index < -0.39 is 10.0 Å². The molecule has 0 spiro atoms. The second-order valence-corrected chi connectivity index (χ2v) is 12.3. The van der Waals surface area contributed by atoms with Crippen LogP contribution in [0.5, 0.6) is 0 Å². The number of aromatic nitrogens is 1. The lowest BCUT2D eigenvalue weighted by atomic mass is 9.80. The molecule has 6 rings (SSSR count). The molecule has 0 saturated heterocycles. The van der Waals surface area contributed by atoms with Crippen molar-refractivity contribution in [1.82, 2.24) is 14.9 Å². The molecule has 9 heteroatoms. The number of nitrogens with one attached hydrogen (secondary N) is 1. The fraction of sp³-hybridized carbons (Fsp3) is 0.444. The summed E-state index contributed by atoms with van der Waals surface area (Å²) in [5, 5.41) is 5.89. The van der Waals surface area contributed by atoms with Gasteiger partial charge >= 0.3 is 0 Å². The molecule has 1 aromatic carbocycles. The molecule has 4 aliphatic rings. The van der Waals surface area contributed by atoms with Crippen molar-refractivity contribution >= 4 is 15.7 Å². The van der Waals surface area contributed by atoms with Crippen LogP contribution in [-0.4, -0.2) is 31.0 Å². The van der Waals surface area contributed by atoms with Crippen LogP contribution in [0.1, 0.15) is 44.1 Å². The minimum atomic E-state index is -3.71. The van der Waals surface area contributed by atoms with E-state index in [9.17, 15) is 12.8 Å². The summed E-state index contributed by atoms with van der Waals surface area (Å²) in [6, 6.07) is 6.46. The molecule has 7 nitrogen and oxygen atoms in total. The van der Waals surface area contributed by atoms with Crippen LogP contribution in [0, 0.1) is 37.4 Å². The van der Waals surface area contributed by atoms with Gasteiger partial charge in [0, 0.05) is 30.8 Å². The Bertz CT molecular complexity index is 1380. The first kappa shape index (κ1) is 23.5. The second-order valence-electron chi connectivity index (χ2n) is 10.4. The van der Waals surface area contributed by atoms with Crippen LogP contribution in [-0.2, 0) is 10.0 Å². The number of aryl methyl sites for hydroxylation is 2. The monoisotopic (exact) mass is 510 g/mol. The van der Waals surface area contributed by atoms with E-state index in [2.05, 4.69) is 23.6 Å². The van der Waals surface area contributed by atoms with Crippen LogP contribution in [0.2, 0.25) is 0 Å². The van der Waals surface area contributed by atoms with Gasteiger partial charge in [0.1, 0.15) is 16.4 Å². The zero-order valence-corrected chi connectivity index (χ0v) is 21.6. The SMILES string of the molecule is Cc1noc(C)c1S(=O)(=O)N(CC1CC1)C[C@H]1CCC2=C1[C@@H](C)C1=CNN(c3ccc(F)cc3)C1=C2. The first-order valence-electron chi connectivity index (χ1n) is 12.6. The molecule has 1 aromatic heterocycles. The number of nitrogens with zero attached hydrogens (tertiary/aromatic N) is 3. The number of benzene rings is 1. The van der Waals surface area contributed by atoms with Gasteiger partial charge in [-0.05, 0) is 87.3 Å². The quantitative estimate of drug-likeness (QED) is 0.566. The number of anilines is 1. The molecular formula is C27H31FN4O3S. The minimum Gasteiger partial charge on any atom is -0.360 e. The van der Waals surface area contributed by atoms with Crippen molar-refractivity contribution in [3.05, 3.63) is 76.2 Å². The first-order valence-corrected chi connectivity index (χ1v) is 14.1. The maximum absolute atomic E-state index is 13.8. The number of hydrogen-bond donors (Lipinski definition) is 1. The van der Waals surface area contributed by atoms with Gasteiger partial charge in [-0.15, -0.1) is 0 Å². The third-order valence-electron chi connectivity index (χ3n) is 7.94. The highest BCUT2D eigenvalue weighted by atomic mass is 32.2. The standard InChI is InChI=1S/C27H31FN4O3S/c1-16-24-13-29-32(23-10-8-22(28)9-11-23)25(24)12-20-6-7-21(26(16)20)15-31(14-19-4-5-19)36(33,34)27-17(2)30-35-18(27)3/h8-13,16,19,21,29H,4-7,14-15H2,1-3H3/t16-,21+/m0/s1. The zero-order valence-electron chi connectivity index (χ0n) is 20.8. The normalized spacial score (nSPS) is 23.5. The third-order valence-corrected chi connectivity index (χ3v) is 10.0. The van der Waals surface area contributed by atoms with Gasteiger partial charge in [0.15, 0.2) is 5.76 Å². The van der Waals surface area contributed by atoms with Crippen molar-refractivity contribution in [3.63, 3.8) is 0 Å². The molecule has 36 heavy (non-hydrogen) atoms. The predicted octanol–water partition coefficient (Wildman–Crippen LogP) is 4.98. The highest BCUT2D eigenvalue weighted by molar-refractivity contribution is 7.89. The Labute approximate surface area is 211 Å². The molecular weight excluding hydrogens is 479 g/mol. The molecule has 3 aliphatic carbocycles. The first-order chi connectivity index (χ1) is 17.2. The highest BCUT2D eigenvalue weighted by Crippen LogP contribution is 2.48. The Morgan fingerprint density at radius 2 is 1.92 bits per heavy atom. The molecule has 2 aromatic rings. The van der Waals surface area contributed by atoms with Crippen LogP contribution in [0.15, 0.2) is 68.4 Å². The number of hydrazine groups is 1. The molecule has 0 radical (unpaired) electrons. The number of allylic oxidation sites excluding steroid dienone is 3. The smallest absolute Gasteiger partial charge is 0.248 e. The van der Waals surface area contributed by atoms with Crippen molar-refractivity contribution in [2.45, 2.75) is 51.3 Å². The van der Waals surface area contributed by atoms with Crippen molar-refractivity contribution < 1.29 is 17.3 Å². The van der Waals surface area contributed by atoms with E-state index in [0.29, 0.717) is 30.5 Å². The number of rotatable bonds is 7. The number of hydrogen-bond acceptors (Lipinski definition) is 6. The molecule has 2 heterocycles. The van der Waals surface area contributed by atoms with Gasteiger partial charge < -0.3 is 9.95 Å². The van der Waals surface area contributed by atoms with Gasteiger partial charge in [-0.25, -0.2) is 12.8 Å². The summed E-state index contributed by atoms with van der Waals surface area (Å²) < 4.78 is 47.9. The van der Waals surface area contributed by atoms with E-state index in [1.54, 1.807) is 30.3 Å². The lowest BCUT2D eigenvalue weighted by Gasteiger charge is -2.32. The Kier molecular flexibility index (Phi) is 5.60. The summed E-state index contributed by atoms with van der Waals surface area (Å²) in [5.74, 6) is 0.832. The minimum absolute atomic E-state index is 0.155. The van der Waals surface area contributed by atoms with Gasteiger partial charge in [-0.3, -0.25) is 5.01 Å². The summed E-state index contributed by atoms with van der Waals surface area (Å²) >= 11 is 0. The van der Waals surface area contributed by atoms with Crippen molar-refractivity contribution in [1.29, 1.82) is 0 Å². The Morgan fingerprint density at radius 3 is 2.58 bits per heavy atom. The Balaban J connectivity index is 1.30. The topological polar surface area (TPSA) is 78.7 Å². The maximum atomic E-state index is 13.8. The zero-order chi connectivity index (χ0) is 25.2. The summed E-state index contributed by atoms with van der Waals surface area (Å²) in [4.78, 5) is 0.215. The van der Waals surface area contributed by atoms with Crippen molar-refractivity contribution in [2.75, 3.05) is 18.1 Å². The summed E-state index contributed by atoms with van der Waals surface area (Å²) in [7, 11) is -3.71. The third kappa shape index (κ3) is 3.89. The maximum Gasteiger partial charge on any atom is 0.248 e. The molecule has 0 bridgehead atoms. The molecule has 1 fully saturated rings. The second kappa shape index (κ2) is 8.59. The Hall–Kier alpha value is -2.91.